The Bertz CT molecular complexity index is 422. The zero-order chi connectivity index (χ0) is 18.2. The number of ether oxygens (including phenoxy) is 2. The summed E-state index contributed by atoms with van der Waals surface area (Å²) >= 11 is 0. The number of hydrogen-bond acceptors (Lipinski definition) is 6. The van der Waals surface area contributed by atoms with Crippen LogP contribution in [0.2, 0.25) is 0 Å². The zero-order valence-corrected chi connectivity index (χ0v) is 15.2. The number of aliphatic hydroxyl groups excluding tert-OH is 2. The molecule has 2 aliphatic rings. The summed E-state index contributed by atoms with van der Waals surface area (Å²) in [5, 5.41) is 18.9. The maximum atomic E-state index is 12.1. The molecule has 2 rings (SSSR count). The SMILES string of the molecule is C[C@H](CCCC(=O)OC1CCC(O)CC1)C(=O)OC1CCC(O)CC1. The van der Waals surface area contributed by atoms with Crippen LogP contribution in [0.3, 0.4) is 0 Å². The third-order valence-electron chi connectivity index (χ3n) is 5.29. The quantitative estimate of drug-likeness (QED) is 0.681. The molecule has 0 radical (unpaired) electrons. The van der Waals surface area contributed by atoms with E-state index in [1.54, 1.807) is 0 Å². The van der Waals surface area contributed by atoms with Gasteiger partial charge in [0.05, 0.1) is 18.1 Å². The fourth-order valence-corrected chi connectivity index (χ4v) is 3.52. The van der Waals surface area contributed by atoms with E-state index in [0.29, 0.717) is 44.9 Å². The first-order valence-corrected chi connectivity index (χ1v) is 9.70. The van der Waals surface area contributed by atoms with E-state index in [0.717, 1.165) is 25.7 Å². The van der Waals surface area contributed by atoms with Crippen LogP contribution in [0.15, 0.2) is 0 Å². The molecule has 6 heteroatoms. The van der Waals surface area contributed by atoms with Crippen molar-refractivity contribution in [1.82, 2.24) is 0 Å². The normalized spacial score (nSPS) is 31.2. The van der Waals surface area contributed by atoms with Gasteiger partial charge in [0.1, 0.15) is 12.2 Å². The number of esters is 2. The van der Waals surface area contributed by atoms with Gasteiger partial charge < -0.3 is 19.7 Å². The van der Waals surface area contributed by atoms with Crippen LogP contribution < -0.4 is 0 Å². The molecule has 0 aliphatic heterocycles. The van der Waals surface area contributed by atoms with Gasteiger partial charge in [0.15, 0.2) is 0 Å². The topological polar surface area (TPSA) is 93.1 Å². The lowest BCUT2D eigenvalue weighted by Crippen LogP contribution is -2.29. The van der Waals surface area contributed by atoms with E-state index in [2.05, 4.69) is 0 Å². The minimum atomic E-state index is -0.259. The molecule has 0 bridgehead atoms. The minimum Gasteiger partial charge on any atom is -0.462 e. The minimum absolute atomic E-state index is 0.0695. The third kappa shape index (κ3) is 7.32. The number of carbonyl (C=O) groups is 2. The van der Waals surface area contributed by atoms with Crippen molar-refractivity contribution in [1.29, 1.82) is 0 Å². The van der Waals surface area contributed by atoms with Gasteiger partial charge in [0, 0.05) is 6.42 Å². The zero-order valence-electron chi connectivity index (χ0n) is 15.2. The summed E-state index contributed by atoms with van der Waals surface area (Å²) in [5.41, 5.74) is 0. The molecule has 2 fully saturated rings. The van der Waals surface area contributed by atoms with Gasteiger partial charge >= 0.3 is 11.9 Å². The van der Waals surface area contributed by atoms with Crippen LogP contribution in [-0.2, 0) is 19.1 Å². The van der Waals surface area contributed by atoms with Crippen molar-refractivity contribution in [3.05, 3.63) is 0 Å². The summed E-state index contributed by atoms with van der Waals surface area (Å²) < 4.78 is 10.9. The highest BCUT2D eigenvalue weighted by Crippen LogP contribution is 2.24. The Hall–Kier alpha value is -1.14. The summed E-state index contributed by atoms with van der Waals surface area (Å²) in [4.78, 5) is 24.0. The van der Waals surface area contributed by atoms with E-state index in [9.17, 15) is 19.8 Å². The molecule has 6 nitrogen and oxygen atoms in total. The van der Waals surface area contributed by atoms with Crippen LogP contribution in [-0.4, -0.2) is 46.6 Å². The van der Waals surface area contributed by atoms with Crippen LogP contribution in [0, 0.1) is 5.92 Å². The van der Waals surface area contributed by atoms with Gasteiger partial charge in [-0.3, -0.25) is 9.59 Å². The fourth-order valence-electron chi connectivity index (χ4n) is 3.52. The van der Waals surface area contributed by atoms with Gasteiger partial charge in [-0.2, -0.15) is 0 Å². The summed E-state index contributed by atoms with van der Waals surface area (Å²) in [6.45, 7) is 1.83. The maximum Gasteiger partial charge on any atom is 0.308 e. The van der Waals surface area contributed by atoms with Crippen LogP contribution >= 0.6 is 0 Å². The molecule has 144 valence electrons. The van der Waals surface area contributed by atoms with Gasteiger partial charge in [-0.1, -0.05) is 6.92 Å². The van der Waals surface area contributed by atoms with Gasteiger partial charge in [0.2, 0.25) is 0 Å². The largest absolute Gasteiger partial charge is 0.462 e. The van der Waals surface area contributed by atoms with Gasteiger partial charge in [-0.25, -0.2) is 0 Å². The Morgan fingerprint density at radius 1 is 0.880 bits per heavy atom. The van der Waals surface area contributed by atoms with E-state index in [1.807, 2.05) is 6.92 Å². The first-order chi connectivity index (χ1) is 11.9. The van der Waals surface area contributed by atoms with Crippen molar-refractivity contribution in [2.75, 3.05) is 0 Å². The monoisotopic (exact) mass is 356 g/mol. The summed E-state index contributed by atoms with van der Waals surface area (Å²) in [6, 6.07) is 0. The molecule has 0 aromatic carbocycles. The summed E-state index contributed by atoms with van der Waals surface area (Å²) in [7, 11) is 0. The average Bonchev–Trinajstić information content (AvgIpc) is 2.59. The van der Waals surface area contributed by atoms with E-state index in [1.165, 1.54) is 0 Å². The van der Waals surface area contributed by atoms with Gasteiger partial charge in [-0.05, 0) is 64.2 Å². The molecule has 0 saturated heterocycles. The summed E-state index contributed by atoms with van der Waals surface area (Å²) in [5.74, 6) is -0.663. The Kier molecular flexibility index (Phi) is 8.16. The van der Waals surface area contributed by atoms with Crippen LogP contribution in [0.25, 0.3) is 0 Å². The number of aliphatic hydroxyl groups is 2. The van der Waals surface area contributed by atoms with Crippen molar-refractivity contribution >= 4 is 11.9 Å². The highest BCUT2D eigenvalue weighted by atomic mass is 16.5. The lowest BCUT2D eigenvalue weighted by Gasteiger charge is -2.26. The van der Waals surface area contributed by atoms with E-state index >= 15 is 0 Å². The molecule has 0 aromatic rings. The lowest BCUT2D eigenvalue weighted by molar-refractivity contribution is -0.157. The van der Waals surface area contributed by atoms with Crippen LogP contribution in [0.4, 0.5) is 0 Å². The number of hydrogen-bond donors (Lipinski definition) is 2. The van der Waals surface area contributed by atoms with Crippen molar-refractivity contribution in [3.8, 4) is 0 Å². The molecular weight excluding hydrogens is 324 g/mol. The molecule has 0 spiro atoms. The molecular formula is C19H32O6. The standard InChI is InChI=1S/C19H32O6/c1-13(19(23)25-17-11-7-15(21)8-12-17)3-2-4-18(22)24-16-9-5-14(20)6-10-16/h13-17,20-21H,2-12H2,1H3/t13-,14?,15?,16?,17?/m1/s1. The molecule has 2 N–H and O–H groups in total. The third-order valence-corrected chi connectivity index (χ3v) is 5.29. The highest BCUT2D eigenvalue weighted by molar-refractivity contribution is 5.72. The highest BCUT2D eigenvalue weighted by Gasteiger charge is 2.25. The molecule has 2 saturated carbocycles. The Labute approximate surface area is 149 Å². The first-order valence-electron chi connectivity index (χ1n) is 9.70. The molecule has 2 aliphatic carbocycles. The average molecular weight is 356 g/mol. The van der Waals surface area contributed by atoms with E-state index in [-0.39, 0.29) is 42.3 Å². The lowest BCUT2D eigenvalue weighted by atomic mass is 9.95. The predicted octanol–water partition coefficient (Wildman–Crippen LogP) is 2.49. The first kappa shape index (κ1) is 20.2. The second-order valence-corrected chi connectivity index (χ2v) is 7.58. The fraction of sp³-hybridized carbons (Fsp3) is 0.895. The summed E-state index contributed by atoms with van der Waals surface area (Å²) in [6.07, 6.45) is 6.53. The second-order valence-electron chi connectivity index (χ2n) is 7.58. The van der Waals surface area contributed by atoms with Crippen molar-refractivity contribution in [2.24, 2.45) is 5.92 Å². The molecule has 0 amide bonds. The molecule has 1 atom stereocenters. The second kappa shape index (κ2) is 10.1. The Morgan fingerprint density at radius 2 is 1.36 bits per heavy atom. The Morgan fingerprint density at radius 3 is 1.88 bits per heavy atom. The smallest absolute Gasteiger partial charge is 0.308 e. The van der Waals surface area contributed by atoms with Gasteiger partial charge in [-0.15, -0.1) is 0 Å². The Balaban J connectivity index is 1.57. The maximum absolute atomic E-state index is 12.1. The predicted molar refractivity (Wildman–Crippen MR) is 91.7 cm³/mol. The molecule has 0 heterocycles. The number of carbonyl (C=O) groups excluding carboxylic acids is 2. The molecule has 25 heavy (non-hydrogen) atoms. The van der Waals surface area contributed by atoms with Gasteiger partial charge in [0.25, 0.3) is 0 Å². The van der Waals surface area contributed by atoms with E-state index < -0.39 is 0 Å². The van der Waals surface area contributed by atoms with Crippen molar-refractivity contribution < 1.29 is 29.3 Å². The number of rotatable bonds is 7. The van der Waals surface area contributed by atoms with E-state index in [4.69, 9.17) is 9.47 Å². The van der Waals surface area contributed by atoms with Crippen LogP contribution in [0.1, 0.15) is 77.6 Å². The molecule has 0 aromatic heterocycles. The van der Waals surface area contributed by atoms with Crippen molar-refractivity contribution in [3.63, 3.8) is 0 Å². The van der Waals surface area contributed by atoms with Crippen molar-refractivity contribution in [2.45, 2.75) is 102 Å². The molecule has 0 unspecified atom stereocenters. The van der Waals surface area contributed by atoms with Crippen LogP contribution in [0.5, 0.6) is 0 Å².